The highest BCUT2D eigenvalue weighted by Gasteiger charge is 2.35. The maximum absolute atomic E-state index is 12.4. The van der Waals surface area contributed by atoms with Crippen LogP contribution in [0, 0.1) is 10.1 Å². The molecule has 122 valence electrons. The van der Waals surface area contributed by atoms with Gasteiger partial charge in [-0.15, -0.1) is 0 Å². The van der Waals surface area contributed by atoms with Crippen LogP contribution >= 0.6 is 0 Å². The first-order valence-electron chi connectivity index (χ1n) is 7.45. The first kappa shape index (κ1) is 16.4. The van der Waals surface area contributed by atoms with E-state index in [1.165, 1.54) is 10.9 Å². The van der Waals surface area contributed by atoms with Gasteiger partial charge in [-0.3, -0.25) is 19.6 Å². The first-order chi connectivity index (χ1) is 10.2. The zero-order chi connectivity index (χ0) is 16.4. The highest BCUT2D eigenvalue weighted by Crippen LogP contribution is 2.27. The molecule has 0 bridgehead atoms. The molecule has 1 aromatic heterocycles. The second-order valence-electron chi connectivity index (χ2n) is 6.43. The summed E-state index contributed by atoms with van der Waals surface area (Å²) in [4.78, 5) is 22.5. The number of rotatable bonds is 5. The highest BCUT2D eigenvalue weighted by atomic mass is 16.6. The van der Waals surface area contributed by atoms with E-state index in [2.05, 4.69) is 10.4 Å². The number of carbonyl (C=O) groups excluding carboxylic acids is 1. The summed E-state index contributed by atoms with van der Waals surface area (Å²) in [5.74, 6) is -0.329. The summed E-state index contributed by atoms with van der Waals surface area (Å²) in [6, 6.07) is 0. The molecule has 0 atom stereocenters. The molecule has 22 heavy (non-hydrogen) atoms. The Morgan fingerprint density at radius 2 is 2.14 bits per heavy atom. The van der Waals surface area contributed by atoms with Crippen LogP contribution in [0.15, 0.2) is 12.4 Å². The summed E-state index contributed by atoms with van der Waals surface area (Å²) in [5.41, 5.74) is -2.08. The van der Waals surface area contributed by atoms with Gasteiger partial charge in [0, 0.05) is 6.54 Å². The molecule has 1 amide bonds. The van der Waals surface area contributed by atoms with Crippen molar-refractivity contribution in [1.29, 1.82) is 0 Å². The number of amides is 1. The highest BCUT2D eigenvalue weighted by molar-refractivity contribution is 5.83. The zero-order valence-corrected chi connectivity index (χ0v) is 12.9. The monoisotopic (exact) mass is 310 g/mol. The fraction of sp³-hybridized carbons (Fsp3) is 0.714. The van der Waals surface area contributed by atoms with Crippen LogP contribution in [-0.4, -0.2) is 37.9 Å². The Morgan fingerprint density at radius 1 is 1.50 bits per heavy atom. The van der Waals surface area contributed by atoms with Crippen LogP contribution in [0.1, 0.15) is 46.0 Å². The van der Waals surface area contributed by atoms with Gasteiger partial charge in [-0.25, -0.2) is 0 Å². The molecule has 8 nitrogen and oxygen atoms in total. The summed E-state index contributed by atoms with van der Waals surface area (Å²) in [7, 11) is 0. The van der Waals surface area contributed by atoms with Crippen molar-refractivity contribution >= 4 is 11.6 Å². The van der Waals surface area contributed by atoms with Gasteiger partial charge >= 0.3 is 5.69 Å². The van der Waals surface area contributed by atoms with Gasteiger partial charge in [0.1, 0.15) is 17.9 Å². The van der Waals surface area contributed by atoms with E-state index in [0.717, 1.165) is 25.5 Å². The van der Waals surface area contributed by atoms with Crippen LogP contribution < -0.4 is 5.32 Å². The molecule has 0 aromatic carbocycles. The third-order valence-corrected chi connectivity index (χ3v) is 4.27. The summed E-state index contributed by atoms with van der Waals surface area (Å²) >= 11 is 0. The lowest BCUT2D eigenvalue weighted by atomic mass is 9.84. The molecule has 0 unspecified atom stereocenters. The molecule has 1 aliphatic carbocycles. The Morgan fingerprint density at radius 3 is 2.68 bits per heavy atom. The molecule has 1 aliphatic rings. The van der Waals surface area contributed by atoms with Crippen LogP contribution in [0.4, 0.5) is 5.69 Å². The normalized spacial score (nSPS) is 18.0. The summed E-state index contributed by atoms with van der Waals surface area (Å²) in [6.45, 7) is 3.45. The van der Waals surface area contributed by atoms with E-state index >= 15 is 0 Å². The molecule has 0 spiro atoms. The minimum atomic E-state index is -1.07. The van der Waals surface area contributed by atoms with Crippen molar-refractivity contribution in [3.05, 3.63) is 22.5 Å². The molecule has 8 heteroatoms. The zero-order valence-electron chi connectivity index (χ0n) is 12.9. The fourth-order valence-corrected chi connectivity index (χ4v) is 2.67. The Balaban J connectivity index is 2.01. The molecule has 0 saturated heterocycles. The molecule has 2 rings (SSSR count). The number of nitrogens with zero attached hydrogens (tertiary/aromatic N) is 3. The third kappa shape index (κ3) is 3.44. The average Bonchev–Trinajstić information content (AvgIpc) is 2.96. The largest absolute Gasteiger partial charge is 0.388 e. The number of carbonyl (C=O) groups is 1. The molecule has 1 saturated carbocycles. The molecule has 2 N–H and O–H groups in total. The van der Waals surface area contributed by atoms with Gasteiger partial charge in [0.25, 0.3) is 0 Å². The van der Waals surface area contributed by atoms with Gasteiger partial charge in [-0.05, 0) is 26.7 Å². The van der Waals surface area contributed by atoms with Crippen molar-refractivity contribution in [2.45, 2.75) is 57.1 Å². The molecular formula is C14H22N4O4. The van der Waals surface area contributed by atoms with E-state index in [-0.39, 0.29) is 18.1 Å². The molecule has 1 fully saturated rings. The Hall–Kier alpha value is -1.96. The van der Waals surface area contributed by atoms with E-state index in [1.54, 1.807) is 13.8 Å². The van der Waals surface area contributed by atoms with Gasteiger partial charge in [0.15, 0.2) is 0 Å². The number of hydrogen-bond donors (Lipinski definition) is 2. The second-order valence-corrected chi connectivity index (χ2v) is 6.43. The molecule has 0 radical (unpaired) electrons. The van der Waals surface area contributed by atoms with Crippen molar-refractivity contribution in [2.24, 2.45) is 0 Å². The number of nitrogens with one attached hydrogen (secondary N) is 1. The standard InChI is InChI=1S/C14H22N4O4/c1-13(2,17-9-11(8-16-17)18(21)22)12(19)15-10-14(20)6-4-3-5-7-14/h8-9,20H,3-7,10H2,1-2H3,(H,15,19). The maximum Gasteiger partial charge on any atom is 0.307 e. The SMILES string of the molecule is CC(C)(C(=O)NCC1(O)CCCCC1)n1cc([N+](=O)[O-])cn1. The van der Waals surface area contributed by atoms with Crippen LogP contribution in [0.2, 0.25) is 0 Å². The second kappa shape index (κ2) is 6.04. The molecule has 1 heterocycles. The van der Waals surface area contributed by atoms with Crippen molar-refractivity contribution < 1.29 is 14.8 Å². The quantitative estimate of drug-likeness (QED) is 0.630. The van der Waals surface area contributed by atoms with E-state index < -0.39 is 16.1 Å². The van der Waals surface area contributed by atoms with Crippen LogP contribution in [0.3, 0.4) is 0 Å². The smallest absolute Gasteiger partial charge is 0.307 e. The van der Waals surface area contributed by atoms with Gasteiger partial charge in [0.05, 0.1) is 10.5 Å². The first-order valence-corrected chi connectivity index (χ1v) is 7.45. The summed E-state index contributed by atoms with van der Waals surface area (Å²) in [5, 5.41) is 27.8. The number of nitro groups is 1. The number of aliphatic hydroxyl groups is 1. The third-order valence-electron chi connectivity index (χ3n) is 4.27. The van der Waals surface area contributed by atoms with Crippen molar-refractivity contribution in [2.75, 3.05) is 6.54 Å². The molecule has 0 aliphatic heterocycles. The van der Waals surface area contributed by atoms with Gasteiger partial charge in [-0.1, -0.05) is 19.3 Å². The Labute approximate surface area is 128 Å². The summed E-state index contributed by atoms with van der Waals surface area (Å²) < 4.78 is 1.27. The van der Waals surface area contributed by atoms with Crippen molar-refractivity contribution in [3.63, 3.8) is 0 Å². The van der Waals surface area contributed by atoms with Crippen molar-refractivity contribution in [3.8, 4) is 0 Å². The lowest BCUT2D eigenvalue weighted by molar-refractivity contribution is -0.385. The summed E-state index contributed by atoms with van der Waals surface area (Å²) in [6.07, 6.45) is 6.74. The van der Waals surface area contributed by atoms with Gasteiger partial charge < -0.3 is 10.4 Å². The number of aromatic nitrogens is 2. The van der Waals surface area contributed by atoms with Crippen LogP contribution in [0.5, 0.6) is 0 Å². The maximum atomic E-state index is 12.4. The van der Waals surface area contributed by atoms with Gasteiger partial charge in [0.2, 0.25) is 5.91 Å². The Kier molecular flexibility index (Phi) is 4.50. The predicted octanol–water partition coefficient (Wildman–Crippen LogP) is 1.34. The molecular weight excluding hydrogens is 288 g/mol. The van der Waals surface area contributed by atoms with Crippen molar-refractivity contribution in [1.82, 2.24) is 15.1 Å². The van der Waals surface area contributed by atoms with Gasteiger partial charge in [-0.2, -0.15) is 5.10 Å². The van der Waals surface area contributed by atoms with E-state index in [1.807, 2.05) is 0 Å². The molecule has 1 aromatic rings. The predicted molar refractivity (Wildman–Crippen MR) is 79.2 cm³/mol. The lowest BCUT2D eigenvalue weighted by Crippen LogP contribution is -2.51. The fourth-order valence-electron chi connectivity index (χ4n) is 2.67. The average molecular weight is 310 g/mol. The van der Waals surface area contributed by atoms with Crippen LogP contribution in [0.25, 0.3) is 0 Å². The van der Waals surface area contributed by atoms with Crippen LogP contribution in [-0.2, 0) is 10.3 Å². The minimum absolute atomic E-state index is 0.160. The van der Waals surface area contributed by atoms with E-state index in [4.69, 9.17) is 0 Å². The van der Waals surface area contributed by atoms with E-state index in [0.29, 0.717) is 12.8 Å². The van der Waals surface area contributed by atoms with E-state index in [9.17, 15) is 20.0 Å². The lowest BCUT2D eigenvalue weighted by Gasteiger charge is -2.33. The minimum Gasteiger partial charge on any atom is -0.388 e. The number of hydrogen-bond acceptors (Lipinski definition) is 5. The Bertz CT molecular complexity index is 561. The topological polar surface area (TPSA) is 110 Å².